The zero-order valence-corrected chi connectivity index (χ0v) is 46.4. The summed E-state index contributed by atoms with van der Waals surface area (Å²) in [5.74, 6) is 2.35. The number of aryl methyl sites for hydroxylation is 3. The van der Waals surface area contributed by atoms with Gasteiger partial charge < -0.3 is 57.0 Å². The molecular weight excluding hydrogens is 977 g/mol. The fraction of sp³-hybridized carbons (Fsp3) is 0.410. The average molecular weight is 1060 g/mol. The van der Waals surface area contributed by atoms with E-state index >= 15 is 0 Å². The number of carboxylic acid groups (broad SMARTS) is 1. The van der Waals surface area contributed by atoms with Crippen molar-refractivity contribution < 1.29 is 48.3 Å². The summed E-state index contributed by atoms with van der Waals surface area (Å²) >= 11 is 0. The monoisotopic (exact) mass is 1060 g/mol. The molecule has 77 heavy (non-hydrogen) atoms. The highest BCUT2D eigenvalue weighted by molar-refractivity contribution is 6.04. The number of Topliss-reactive ketones (excluding diaryl/α,β-unsaturated/α-hetero) is 1. The summed E-state index contributed by atoms with van der Waals surface area (Å²) in [6.45, 7) is 18.3. The third-order valence-electron chi connectivity index (χ3n) is 12.2. The van der Waals surface area contributed by atoms with Gasteiger partial charge in [-0.2, -0.15) is 0 Å². The lowest BCUT2D eigenvalue weighted by molar-refractivity contribution is -0.138. The van der Waals surface area contributed by atoms with Gasteiger partial charge in [0, 0.05) is 30.5 Å². The van der Waals surface area contributed by atoms with Crippen LogP contribution in [0.15, 0.2) is 115 Å². The second-order valence-corrected chi connectivity index (χ2v) is 19.7. The molecule has 1 saturated heterocycles. The number of likely N-dealkylation sites (tertiary alicyclic amines) is 1. The van der Waals surface area contributed by atoms with Crippen LogP contribution in [0.25, 0.3) is 12.2 Å². The second-order valence-electron chi connectivity index (χ2n) is 19.7. The van der Waals surface area contributed by atoms with Crippen molar-refractivity contribution >= 4 is 47.4 Å². The Kier molecular flexibility index (Phi) is 28.6. The quantitative estimate of drug-likeness (QED) is 0.0447. The predicted molar refractivity (Wildman–Crippen MR) is 308 cm³/mol. The summed E-state index contributed by atoms with van der Waals surface area (Å²) in [5.41, 5.74) is 29.3. The Morgan fingerprint density at radius 2 is 1.22 bits per heavy atom. The maximum absolute atomic E-state index is 12.3. The highest BCUT2D eigenvalue weighted by Crippen LogP contribution is 2.36. The molecule has 3 amide bonds. The van der Waals surface area contributed by atoms with Gasteiger partial charge in [0.2, 0.25) is 0 Å². The second kappa shape index (κ2) is 34.4. The highest BCUT2D eigenvalue weighted by Gasteiger charge is 2.22. The molecule has 16 heteroatoms. The molecule has 7 rings (SSSR count). The molecule has 10 N–H and O–H groups in total. The Morgan fingerprint density at radius 1 is 0.675 bits per heavy atom. The Labute approximate surface area is 456 Å². The number of ether oxygens (including phenoxy) is 4. The number of aliphatic carboxylic acids is 1. The van der Waals surface area contributed by atoms with E-state index in [1.165, 1.54) is 43.1 Å². The fourth-order valence-corrected chi connectivity index (χ4v) is 8.39. The number of ketones is 1. The van der Waals surface area contributed by atoms with E-state index in [2.05, 4.69) is 30.4 Å². The number of urea groups is 1. The summed E-state index contributed by atoms with van der Waals surface area (Å²) in [5, 5.41) is 17.9. The average Bonchev–Trinajstić information content (AvgIpc) is 3.57. The zero-order valence-electron chi connectivity index (χ0n) is 46.4. The van der Waals surface area contributed by atoms with E-state index in [-0.39, 0.29) is 43.3 Å². The van der Waals surface area contributed by atoms with Gasteiger partial charge in [-0.3, -0.25) is 14.5 Å². The van der Waals surface area contributed by atoms with Gasteiger partial charge in [0.15, 0.2) is 17.3 Å². The molecule has 0 saturated carbocycles. The molecule has 5 aromatic carbocycles. The SMILES string of the molecule is CC(C)C[C@H](CN)CC(=O)O.COc1ccccc1OCC(O)COC(N)=O.Cc1ccc(C(=O)C(C)CN2CCCCC2)cc1.Cc1cccc(C)c1OCC(C)N.NC(=O)N1c2ccccc2C=Cc2ccccc21. The van der Waals surface area contributed by atoms with Crippen LogP contribution in [-0.2, 0) is 9.53 Å². The van der Waals surface area contributed by atoms with E-state index in [0.29, 0.717) is 30.6 Å². The molecule has 0 radical (unpaired) electrons. The molecule has 5 aromatic rings. The number of anilines is 2. The van der Waals surface area contributed by atoms with Crippen LogP contribution in [0, 0.1) is 38.5 Å². The third-order valence-corrected chi connectivity index (χ3v) is 12.2. The molecule has 2 aliphatic rings. The third kappa shape index (κ3) is 23.7. The molecule has 0 aliphatic carbocycles. The number of para-hydroxylation sites is 5. The minimum Gasteiger partial charge on any atom is -0.493 e. The van der Waals surface area contributed by atoms with Gasteiger partial charge in [-0.1, -0.05) is 136 Å². The van der Waals surface area contributed by atoms with Gasteiger partial charge in [-0.15, -0.1) is 0 Å². The number of piperidine rings is 1. The van der Waals surface area contributed by atoms with Gasteiger partial charge in [0.05, 0.1) is 18.5 Å². The summed E-state index contributed by atoms with van der Waals surface area (Å²) in [7, 11) is 1.52. The smallest absolute Gasteiger partial charge is 0.404 e. The molecule has 2 heterocycles. The largest absolute Gasteiger partial charge is 0.493 e. The first-order chi connectivity index (χ1) is 36.7. The number of nitrogens with two attached hydrogens (primary N) is 4. The van der Waals surface area contributed by atoms with Crippen molar-refractivity contribution in [3.8, 4) is 17.2 Å². The van der Waals surface area contributed by atoms with Gasteiger partial charge in [-0.25, -0.2) is 9.59 Å². The fourth-order valence-electron chi connectivity index (χ4n) is 8.39. The number of hydrogen-bond acceptors (Lipinski definition) is 12. The lowest BCUT2D eigenvalue weighted by Gasteiger charge is -2.28. The number of amides is 3. The number of benzene rings is 5. The number of nitrogens with zero attached hydrogens (tertiary/aromatic N) is 2. The summed E-state index contributed by atoms with van der Waals surface area (Å²) < 4.78 is 20.4. The predicted octanol–water partition coefficient (Wildman–Crippen LogP) is 10.3. The molecule has 418 valence electrons. The minimum absolute atomic E-state index is 0.0202. The number of fused-ring (bicyclic) bond motifs is 2. The van der Waals surface area contributed by atoms with Crippen molar-refractivity contribution in [1.29, 1.82) is 0 Å². The lowest BCUT2D eigenvalue weighted by Crippen LogP contribution is -2.35. The minimum atomic E-state index is -0.938. The molecule has 0 spiro atoms. The molecule has 4 atom stereocenters. The maximum Gasteiger partial charge on any atom is 0.404 e. The van der Waals surface area contributed by atoms with Crippen molar-refractivity contribution in [3.05, 3.63) is 149 Å². The number of methoxy groups -OCH3 is 1. The Hall–Kier alpha value is -7.24. The summed E-state index contributed by atoms with van der Waals surface area (Å²) in [6.07, 6.45) is 7.15. The van der Waals surface area contributed by atoms with E-state index < -0.39 is 24.2 Å². The number of carbonyl (C=O) groups excluding carboxylic acids is 3. The van der Waals surface area contributed by atoms with Crippen molar-refractivity contribution in [2.24, 2.45) is 40.7 Å². The van der Waals surface area contributed by atoms with Crippen LogP contribution < -0.4 is 42.0 Å². The number of primary amides is 2. The molecule has 3 unspecified atom stereocenters. The van der Waals surface area contributed by atoms with Crippen LogP contribution in [0.3, 0.4) is 0 Å². The van der Waals surface area contributed by atoms with Crippen molar-refractivity contribution in [2.45, 2.75) is 92.7 Å². The van der Waals surface area contributed by atoms with Gasteiger partial charge in [-0.05, 0) is 125 Å². The molecule has 0 bridgehead atoms. The maximum atomic E-state index is 12.3. The van der Waals surface area contributed by atoms with E-state index in [9.17, 15) is 24.3 Å². The van der Waals surface area contributed by atoms with Crippen LogP contribution >= 0.6 is 0 Å². The normalized spacial score (nSPS) is 13.9. The van der Waals surface area contributed by atoms with E-state index in [0.717, 1.165) is 59.9 Å². The Balaban J connectivity index is 0.000000257. The first-order valence-corrected chi connectivity index (χ1v) is 26.3. The van der Waals surface area contributed by atoms with Crippen molar-refractivity contribution in [1.82, 2.24) is 4.90 Å². The topological polar surface area (TPSA) is 256 Å². The van der Waals surface area contributed by atoms with Gasteiger partial charge in [0.1, 0.15) is 31.7 Å². The molecular formula is C61H84N6O10. The van der Waals surface area contributed by atoms with Crippen molar-refractivity contribution in [2.75, 3.05) is 58.0 Å². The summed E-state index contributed by atoms with van der Waals surface area (Å²) in [4.78, 5) is 48.6. The van der Waals surface area contributed by atoms with E-state index in [4.69, 9.17) is 42.3 Å². The molecule has 1 fully saturated rings. The highest BCUT2D eigenvalue weighted by atomic mass is 16.6. The number of aliphatic hydroxyl groups excluding tert-OH is 1. The molecule has 0 aromatic heterocycles. The van der Waals surface area contributed by atoms with Crippen LogP contribution in [0.2, 0.25) is 0 Å². The number of aliphatic hydroxyl groups is 1. The number of hydrogen-bond donors (Lipinski definition) is 6. The van der Waals surface area contributed by atoms with Gasteiger partial charge >= 0.3 is 18.1 Å². The Morgan fingerprint density at radius 3 is 1.71 bits per heavy atom. The first kappa shape index (κ1) is 64.0. The standard InChI is InChI=1S/C16H23NO.C15H12N2O.C11H15NO5.C11H17NO.C8H17NO2/c1-13-6-8-15(9-7-13)16(18)14(2)12-17-10-4-3-5-11-17;16-15(18)17-13-7-3-1-5-11(13)9-10-12-6-2-4-8-14(12)17;1-15-9-4-2-3-5-10(9)16-6-8(13)7-17-11(12)14;1-8-5-4-6-9(2)11(8)13-7-10(3)12;1-6(2)3-7(5-9)4-8(10)11/h6-9,14H,3-5,10-12H2,1-2H3;1-10H,(H2,16,18);2-5,8,13H,6-7H2,1H3,(H2,12,14);4-6,10H,7,12H2,1-3H3;6-7H,3-5,9H2,1-2H3,(H,10,11)/t;;;;7-/m....0/s1. The first-order valence-electron chi connectivity index (χ1n) is 26.3. The van der Waals surface area contributed by atoms with E-state index in [1.54, 1.807) is 29.2 Å². The molecule has 2 aliphatic heterocycles. The number of carboxylic acids is 1. The lowest BCUT2D eigenvalue weighted by atomic mass is 9.94. The number of carbonyl (C=O) groups is 4. The zero-order chi connectivity index (χ0) is 56.9. The molecule has 16 nitrogen and oxygen atoms in total. The summed E-state index contributed by atoms with van der Waals surface area (Å²) in [6, 6.07) is 36.1. The van der Waals surface area contributed by atoms with Crippen LogP contribution in [0.5, 0.6) is 17.2 Å². The van der Waals surface area contributed by atoms with Gasteiger partial charge in [0.25, 0.3) is 0 Å². The van der Waals surface area contributed by atoms with E-state index in [1.807, 2.05) is 131 Å². The number of rotatable bonds is 18. The Bertz CT molecular complexity index is 2530. The van der Waals surface area contributed by atoms with Crippen LogP contribution in [-0.4, -0.2) is 104 Å². The van der Waals surface area contributed by atoms with Crippen molar-refractivity contribution in [3.63, 3.8) is 0 Å². The van der Waals surface area contributed by atoms with Crippen LogP contribution in [0.1, 0.15) is 98.0 Å². The van der Waals surface area contributed by atoms with Crippen LogP contribution in [0.4, 0.5) is 21.0 Å².